The van der Waals surface area contributed by atoms with Gasteiger partial charge in [0, 0.05) is 10.8 Å². The van der Waals surface area contributed by atoms with E-state index in [1.807, 2.05) is 121 Å². The number of rotatable bonds is 10. The van der Waals surface area contributed by atoms with E-state index in [0.717, 1.165) is 22.3 Å². The molecule has 74 heavy (non-hydrogen) atoms. The first-order valence-corrected chi connectivity index (χ1v) is 23.9. The van der Waals surface area contributed by atoms with Crippen molar-refractivity contribution >= 4 is 66.4 Å². The van der Waals surface area contributed by atoms with E-state index in [1.54, 1.807) is 84.9 Å². The van der Waals surface area contributed by atoms with Crippen LogP contribution in [0, 0.1) is 45.9 Å². The third kappa shape index (κ3) is 7.79. The van der Waals surface area contributed by atoms with Gasteiger partial charge in [0.05, 0.1) is 45.3 Å². The zero-order valence-corrected chi connectivity index (χ0v) is 39.2. The Labute approximate surface area is 424 Å². The summed E-state index contributed by atoms with van der Waals surface area (Å²) in [6.07, 6.45) is 0. The van der Waals surface area contributed by atoms with E-state index in [0.29, 0.717) is 54.6 Å². The van der Waals surface area contributed by atoms with Crippen LogP contribution in [-0.2, 0) is 0 Å². The molecule has 0 amide bonds. The number of hydrogen-bond donors (Lipinski definition) is 0. The van der Waals surface area contributed by atoms with Gasteiger partial charge < -0.3 is 9.80 Å². The van der Waals surface area contributed by atoms with Crippen LogP contribution in [0.4, 0.5) is 51.7 Å². The predicted molar refractivity (Wildman–Crippen MR) is 291 cm³/mol. The van der Waals surface area contributed by atoms with Gasteiger partial charge in [0.15, 0.2) is 0 Å². The fourth-order valence-corrected chi connectivity index (χ4v) is 10.3. The van der Waals surface area contributed by atoms with Crippen molar-refractivity contribution in [1.29, 1.82) is 10.5 Å². The summed E-state index contributed by atoms with van der Waals surface area (Å²) in [6, 6.07) is 71.9. The zero-order chi connectivity index (χ0) is 50.5. The van der Waals surface area contributed by atoms with Crippen LogP contribution in [0.2, 0.25) is 0 Å². The molecule has 0 aromatic heterocycles. The van der Waals surface area contributed by atoms with Crippen molar-refractivity contribution in [3.05, 3.63) is 265 Å². The van der Waals surface area contributed by atoms with Crippen molar-refractivity contribution in [3.8, 4) is 56.6 Å². The molecule has 0 aliphatic rings. The van der Waals surface area contributed by atoms with Gasteiger partial charge in [0.2, 0.25) is 0 Å². The highest BCUT2D eigenvalue weighted by atomic mass is 19.1. The Balaban J connectivity index is 1.06. The molecule has 350 valence electrons. The van der Waals surface area contributed by atoms with E-state index < -0.39 is 23.3 Å². The largest absolute Gasteiger partial charge is 0.303 e. The first-order chi connectivity index (χ1) is 36.3. The summed E-state index contributed by atoms with van der Waals surface area (Å²) < 4.78 is 67.7. The molecule has 4 nitrogen and oxygen atoms in total. The molecule has 0 aliphatic heterocycles. The summed E-state index contributed by atoms with van der Waals surface area (Å²) in [5.41, 5.74) is 6.46. The molecule has 0 atom stereocenters. The molecule has 8 heteroatoms. The Bertz CT molecular complexity index is 3760. The Morgan fingerprint density at radius 3 is 0.784 bits per heavy atom. The van der Waals surface area contributed by atoms with E-state index in [-0.39, 0.29) is 45.3 Å². The van der Waals surface area contributed by atoms with E-state index >= 15 is 17.6 Å². The average Bonchev–Trinajstić information content (AvgIpc) is 3.45. The molecular formula is C66H38F4N4. The Hall–Kier alpha value is -10.0. The van der Waals surface area contributed by atoms with Crippen molar-refractivity contribution in [2.75, 3.05) is 9.80 Å². The molecule has 12 aromatic carbocycles. The zero-order valence-electron chi connectivity index (χ0n) is 39.2. The normalized spacial score (nSPS) is 11.2. The minimum absolute atomic E-state index is 0.0185. The Kier molecular flexibility index (Phi) is 11.4. The average molecular weight is 963 g/mol. The topological polar surface area (TPSA) is 54.1 Å². The van der Waals surface area contributed by atoms with Crippen molar-refractivity contribution in [1.82, 2.24) is 0 Å². The van der Waals surface area contributed by atoms with E-state index in [9.17, 15) is 10.5 Å². The molecule has 0 spiro atoms. The molecule has 0 aliphatic carbocycles. The lowest BCUT2D eigenvalue weighted by Gasteiger charge is -2.30. The van der Waals surface area contributed by atoms with Crippen LogP contribution in [0.25, 0.3) is 76.8 Å². The second kappa shape index (κ2) is 18.6. The highest BCUT2D eigenvalue weighted by Crippen LogP contribution is 2.50. The molecule has 0 fully saturated rings. The predicted octanol–water partition coefficient (Wildman–Crippen LogP) is 18.5. The van der Waals surface area contributed by atoms with Gasteiger partial charge in [0.25, 0.3) is 0 Å². The van der Waals surface area contributed by atoms with Gasteiger partial charge in [-0.15, -0.1) is 0 Å². The first-order valence-electron chi connectivity index (χ1n) is 23.9. The van der Waals surface area contributed by atoms with Crippen LogP contribution in [0.15, 0.2) is 231 Å². The van der Waals surface area contributed by atoms with Gasteiger partial charge in [-0.3, -0.25) is 0 Å². The summed E-state index contributed by atoms with van der Waals surface area (Å²) in [4.78, 5) is 2.90. The first kappa shape index (κ1) is 45.1. The fourth-order valence-electron chi connectivity index (χ4n) is 10.3. The van der Waals surface area contributed by atoms with Gasteiger partial charge in [-0.2, -0.15) is 10.5 Å². The van der Waals surface area contributed by atoms with Crippen LogP contribution in [0.3, 0.4) is 0 Å². The van der Waals surface area contributed by atoms with Crippen LogP contribution < -0.4 is 9.80 Å². The Morgan fingerprint density at radius 2 is 0.541 bits per heavy atom. The lowest BCUT2D eigenvalue weighted by atomic mass is 9.88. The summed E-state index contributed by atoms with van der Waals surface area (Å²) in [5.74, 6) is -2.56. The van der Waals surface area contributed by atoms with Crippen LogP contribution in [0.5, 0.6) is 0 Å². The summed E-state index contributed by atoms with van der Waals surface area (Å²) >= 11 is 0. The molecule has 0 saturated heterocycles. The maximum Gasteiger partial charge on any atom is 0.147 e. The SMILES string of the molecule is N#Cc1c(N(c2ccc(-c3ccccc3)cc2F)c2ccc(-c3ccccc3)cc2F)cc2ccc3c(C#N)c(N(c4ccc(-c5ccccc5)cc4F)c4ccc(-c5ccccc5)cc4F)cc4ccc1c2c43. The van der Waals surface area contributed by atoms with Gasteiger partial charge in [-0.05, 0) is 127 Å². The molecule has 12 rings (SSSR count). The minimum Gasteiger partial charge on any atom is -0.303 e. The second-order valence-corrected chi connectivity index (χ2v) is 18.0. The number of hydrogen-bond acceptors (Lipinski definition) is 4. The van der Waals surface area contributed by atoms with Crippen LogP contribution >= 0.6 is 0 Å². The van der Waals surface area contributed by atoms with Crippen LogP contribution in [0.1, 0.15) is 11.1 Å². The molecule has 0 N–H and O–H groups in total. The van der Waals surface area contributed by atoms with Crippen molar-refractivity contribution < 1.29 is 17.6 Å². The number of nitriles is 2. The van der Waals surface area contributed by atoms with E-state index in [2.05, 4.69) is 12.1 Å². The smallest absolute Gasteiger partial charge is 0.147 e. The summed E-state index contributed by atoms with van der Waals surface area (Å²) in [6.45, 7) is 0. The lowest BCUT2D eigenvalue weighted by Crippen LogP contribution is -2.16. The summed E-state index contributed by atoms with van der Waals surface area (Å²) in [7, 11) is 0. The molecule has 12 aromatic rings. The second-order valence-electron chi connectivity index (χ2n) is 18.0. The summed E-state index contributed by atoms with van der Waals surface area (Å²) in [5, 5.41) is 25.9. The fraction of sp³-hybridized carbons (Fsp3) is 0. The van der Waals surface area contributed by atoms with Gasteiger partial charge >= 0.3 is 0 Å². The highest BCUT2D eigenvalue weighted by Gasteiger charge is 2.29. The minimum atomic E-state index is -0.639. The highest BCUT2D eigenvalue weighted by molar-refractivity contribution is 6.27. The number of nitrogens with zero attached hydrogens (tertiary/aromatic N) is 4. The third-order valence-electron chi connectivity index (χ3n) is 13.7. The quantitative estimate of drug-likeness (QED) is 0.101. The maximum absolute atomic E-state index is 16.9. The third-order valence-corrected chi connectivity index (χ3v) is 13.7. The Morgan fingerprint density at radius 1 is 0.270 bits per heavy atom. The monoisotopic (exact) mass is 962 g/mol. The van der Waals surface area contributed by atoms with Gasteiger partial charge in [-0.25, -0.2) is 17.6 Å². The number of benzene rings is 12. The number of anilines is 6. The molecule has 0 bridgehead atoms. The molecule has 0 radical (unpaired) electrons. The van der Waals surface area contributed by atoms with Crippen molar-refractivity contribution in [2.24, 2.45) is 0 Å². The lowest BCUT2D eigenvalue weighted by molar-refractivity contribution is 0.619. The molecular weight excluding hydrogens is 925 g/mol. The standard InChI is InChI=1S/C66H38F4N4/c67-55-33-45(41-13-5-1-6-14-41)23-29-59(55)73(60-30-24-46(34-56(60)68)42-15-7-2-8-16-42)63-37-49-21-28-52-54(40-72)64(38-50-22-27-51(53(63)39-71)65(49)66(50)52)74(61-31-25-47(35-57(61)69)43-17-9-3-10-18-43)62-32-26-48(36-58(62)70)44-19-11-4-12-20-44/h1-38H. The molecule has 0 unspecified atom stereocenters. The number of halogens is 4. The van der Waals surface area contributed by atoms with Crippen LogP contribution in [-0.4, -0.2) is 0 Å². The molecule has 0 heterocycles. The van der Waals surface area contributed by atoms with E-state index in [4.69, 9.17) is 0 Å². The van der Waals surface area contributed by atoms with Crippen molar-refractivity contribution in [2.45, 2.75) is 0 Å². The van der Waals surface area contributed by atoms with Gasteiger partial charge in [-0.1, -0.05) is 170 Å². The van der Waals surface area contributed by atoms with Gasteiger partial charge in [0.1, 0.15) is 35.4 Å². The maximum atomic E-state index is 16.9. The van der Waals surface area contributed by atoms with E-state index in [1.165, 1.54) is 34.1 Å². The van der Waals surface area contributed by atoms with Crippen molar-refractivity contribution in [3.63, 3.8) is 0 Å². The molecule has 0 saturated carbocycles.